The van der Waals surface area contributed by atoms with Crippen molar-refractivity contribution in [3.05, 3.63) is 0 Å². The molecule has 0 heterocycles. The molecule has 0 aliphatic heterocycles. The molecule has 4 aliphatic carbocycles. The van der Waals surface area contributed by atoms with Crippen LogP contribution in [0, 0.1) is 40.4 Å². The third-order valence-corrected chi connectivity index (χ3v) is 9.67. The van der Waals surface area contributed by atoms with Gasteiger partial charge in [-0.05, 0) is 100 Å². The molecule has 0 saturated heterocycles. The average Bonchev–Trinajstić information content (AvgIpc) is 2.90. The van der Waals surface area contributed by atoms with E-state index in [2.05, 4.69) is 32.8 Å². The van der Waals surface area contributed by atoms with E-state index >= 15 is 0 Å². The number of ketones is 1. The Kier molecular flexibility index (Phi) is 4.38. The SMILES string of the molecule is CC(=O)[C@H]1CCC2[C@@H]3CCC4CCCC[C@]4(C)C3C(N(C)C)CC21C. The van der Waals surface area contributed by atoms with Crippen molar-refractivity contribution >= 4 is 5.78 Å². The molecule has 0 bridgehead atoms. The van der Waals surface area contributed by atoms with Crippen LogP contribution in [0.3, 0.4) is 0 Å². The molecule has 4 saturated carbocycles. The summed E-state index contributed by atoms with van der Waals surface area (Å²) in [5.41, 5.74) is 0.797. The molecule has 5 unspecified atom stereocenters. The lowest BCUT2D eigenvalue weighted by Crippen LogP contribution is -2.61. The highest BCUT2D eigenvalue weighted by molar-refractivity contribution is 5.79. The van der Waals surface area contributed by atoms with Gasteiger partial charge in [-0.25, -0.2) is 0 Å². The highest BCUT2D eigenvalue weighted by atomic mass is 16.1. The Bertz CT molecular complexity index is 542. The summed E-state index contributed by atoms with van der Waals surface area (Å²) in [5.74, 6) is 4.23. The van der Waals surface area contributed by atoms with Crippen LogP contribution in [-0.2, 0) is 4.79 Å². The van der Waals surface area contributed by atoms with Gasteiger partial charge in [-0.2, -0.15) is 0 Å². The lowest BCUT2D eigenvalue weighted by Gasteiger charge is -2.64. The van der Waals surface area contributed by atoms with E-state index < -0.39 is 0 Å². The first-order valence-corrected chi connectivity index (χ1v) is 11.0. The van der Waals surface area contributed by atoms with Crippen molar-refractivity contribution < 1.29 is 4.79 Å². The smallest absolute Gasteiger partial charge is 0.133 e. The van der Waals surface area contributed by atoms with Gasteiger partial charge in [-0.3, -0.25) is 4.79 Å². The summed E-state index contributed by atoms with van der Waals surface area (Å²) in [6.07, 6.45) is 12.4. The van der Waals surface area contributed by atoms with Crippen LogP contribution in [0.15, 0.2) is 0 Å². The van der Waals surface area contributed by atoms with Crippen molar-refractivity contribution in [2.24, 2.45) is 40.4 Å². The normalized spacial score (nSPS) is 52.4. The number of hydrogen-bond donors (Lipinski definition) is 0. The minimum atomic E-state index is 0.250. The fraction of sp³-hybridized carbons (Fsp3) is 0.957. The third-order valence-electron chi connectivity index (χ3n) is 9.67. The Morgan fingerprint density at radius 2 is 1.72 bits per heavy atom. The van der Waals surface area contributed by atoms with Gasteiger partial charge in [0.15, 0.2) is 0 Å². The van der Waals surface area contributed by atoms with E-state index in [4.69, 9.17) is 0 Å². The molecule has 2 nitrogen and oxygen atoms in total. The highest BCUT2D eigenvalue weighted by Crippen LogP contribution is 2.68. The van der Waals surface area contributed by atoms with Crippen LogP contribution in [0.2, 0.25) is 0 Å². The molecule has 0 radical (unpaired) electrons. The summed E-state index contributed by atoms with van der Waals surface area (Å²) >= 11 is 0. The Morgan fingerprint density at radius 1 is 0.960 bits per heavy atom. The van der Waals surface area contributed by atoms with Gasteiger partial charge in [0.05, 0.1) is 0 Å². The van der Waals surface area contributed by atoms with Crippen LogP contribution in [0.25, 0.3) is 0 Å². The molecular weight excluding hydrogens is 306 g/mol. The fourth-order valence-corrected chi connectivity index (χ4v) is 8.59. The molecule has 4 rings (SSSR count). The van der Waals surface area contributed by atoms with Crippen LogP contribution < -0.4 is 0 Å². The molecule has 2 heteroatoms. The molecule has 0 spiro atoms. The topological polar surface area (TPSA) is 20.3 Å². The molecule has 4 fully saturated rings. The summed E-state index contributed by atoms with van der Waals surface area (Å²) in [7, 11) is 4.61. The number of carbonyl (C=O) groups is 1. The zero-order valence-corrected chi connectivity index (χ0v) is 17.2. The minimum absolute atomic E-state index is 0.250. The van der Waals surface area contributed by atoms with Gasteiger partial charge in [-0.15, -0.1) is 0 Å². The Labute approximate surface area is 155 Å². The summed E-state index contributed by atoms with van der Waals surface area (Å²) in [4.78, 5) is 15.0. The van der Waals surface area contributed by atoms with Gasteiger partial charge in [0, 0.05) is 12.0 Å². The number of nitrogens with zero attached hydrogens (tertiary/aromatic N) is 1. The summed E-state index contributed by atoms with van der Waals surface area (Å²) < 4.78 is 0. The third kappa shape index (κ3) is 2.49. The van der Waals surface area contributed by atoms with E-state index in [1.165, 1.54) is 51.4 Å². The summed E-state index contributed by atoms with van der Waals surface area (Å²) in [5, 5.41) is 0. The van der Waals surface area contributed by atoms with Crippen LogP contribution in [0.4, 0.5) is 0 Å². The van der Waals surface area contributed by atoms with E-state index in [1.807, 2.05) is 6.92 Å². The molecule has 8 atom stereocenters. The number of rotatable bonds is 2. The van der Waals surface area contributed by atoms with Crippen LogP contribution >= 0.6 is 0 Å². The second kappa shape index (κ2) is 6.08. The maximum atomic E-state index is 12.4. The molecular formula is C23H39NO. The van der Waals surface area contributed by atoms with Gasteiger partial charge in [0.25, 0.3) is 0 Å². The lowest BCUT2D eigenvalue weighted by molar-refractivity contribution is -0.151. The predicted molar refractivity (Wildman–Crippen MR) is 103 cm³/mol. The lowest BCUT2D eigenvalue weighted by atomic mass is 9.43. The first-order valence-electron chi connectivity index (χ1n) is 11.0. The second-order valence-corrected chi connectivity index (χ2v) is 10.8. The molecule has 142 valence electrons. The Balaban J connectivity index is 1.74. The average molecular weight is 346 g/mol. The molecule has 0 aromatic carbocycles. The van der Waals surface area contributed by atoms with Gasteiger partial charge in [0.1, 0.15) is 5.78 Å². The Morgan fingerprint density at radius 3 is 2.40 bits per heavy atom. The number of fused-ring (bicyclic) bond motifs is 5. The van der Waals surface area contributed by atoms with Crippen LogP contribution in [0.5, 0.6) is 0 Å². The van der Waals surface area contributed by atoms with Gasteiger partial charge in [0.2, 0.25) is 0 Å². The standard InChI is InChI=1S/C23H39NO/c1-15(25)18-11-12-19-17-10-9-16-8-6-7-13-22(16,2)21(17)20(24(4)5)14-23(18,19)3/h16-21H,6-14H2,1-5H3/t16?,17-,18+,19?,20?,21?,22-,23?/m0/s1. The number of Topliss-reactive ketones (excluding diaryl/α,β-unsaturated/α-hetero) is 1. The second-order valence-electron chi connectivity index (χ2n) is 10.8. The number of hydrogen-bond acceptors (Lipinski definition) is 2. The van der Waals surface area contributed by atoms with Crippen molar-refractivity contribution in [1.82, 2.24) is 4.90 Å². The van der Waals surface area contributed by atoms with E-state index in [0.29, 0.717) is 23.2 Å². The molecule has 4 aliphatic rings. The van der Waals surface area contributed by atoms with E-state index in [9.17, 15) is 4.79 Å². The van der Waals surface area contributed by atoms with Crippen molar-refractivity contribution in [3.63, 3.8) is 0 Å². The van der Waals surface area contributed by atoms with E-state index in [0.717, 1.165) is 30.1 Å². The van der Waals surface area contributed by atoms with Crippen LogP contribution in [0.1, 0.15) is 78.6 Å². The first kappa shape index (κ1) is 18.0. The van der Waals surface area contributed by atoms with Crippen molar-refractivity contribution in [1.29, 1.82) is 0 Å². The van der Waals surface area contributed by atoms with Crippen molar-refractivity contribution in [3.8, 4) is 0 Å². The predicted octanol–water partition coefficient (Wildman–Crippen LogP) is 5.16. The fourth-order valence-electron chi connectivity index (χ4n) is 8.59. The summed E-state index contributed by atoms with van der Waals surface area (Å²) in [6.45, 7) is 7.00. The highest BCUT2D eigenvalue weighted by Gasteiger charge is 2.63. The van der Waals surface area contributed by atoms with Gasteiger partial charge >= 0.3 is 0 Å². The van der Waals surface area contributed by atoms with Gasteiger partial charge in [-0.1, -0.05) is 26.7 Å². The van der Waals surface area contributed by atoms with Crippen molar-refractivity contribution in [2.75, 3.05) is 14.1 Å². The molecule has 0 aromatic heterocycles. The van der Waals surface area contributed by atoms with Crippen LogP contribution in [-0.4, -0.2) is 30.8 Å². The zero-order chi connectivity index (χ0) is 18.0. The Hall–Kier alpha value is -0.370. The number of carbonyl (C=O) groups excluding carboxylic acids is 1. The summed E-state index contributed by atoms with van der Waals surface area (Å²) in [6, 6.07) is 0.664. The zero-order valence-electron chi connectivity index (χ0n) is 17.2. The molecule has 25 heavy (non-hydrogen) atoms. The van der Waals surface area contributed by atoms with E-state index in [1.54, 1.807) is 0 Å². The minimum Gasteiger partial charge on any atom is -0.306 e. The maximum absolute atomic E-state index is 12.4. The monoisotopic (exact) mass is 345 g/mol. The molecule has 0 amide bonds. The maximum Gasteiger partial charge on any atom is 0.133 e. The molecule has 0 aromatic rings. The van der Waals surface area contributed by atoms with E-state index in [-0.39, 0.29) is 5.41 Å². The quantitative estimate of drug-likeness (QED) is 0.688. The molecule has 0 N–H and O–H groups in total. The first-order chi connectivity index (χ1) is 11.8. The largest absolute Gasteiger partial charge is 0.306 e. The van der Waals surface area contributed by atoms with Crippen molar-refractivity contribution in [2.45, 2.75) is 84.6 Å². The van der Waals surface area contributed by atoms with Gasteiger partial charge < -0.3 is 4.90 Å².